The van der Waals surface area contributed by atoms with Gasteiger partial charge in [-0.1, -0.05) is 42.8 Å². The first kappa shape index (κ1) is 22.0. The van der Waals surface area contributed by atoms with Gasteiger partial charge in [0.1, 0.15) is 0 Å². The van der Waals surface area contributed by atoms with E-state index in [0.717, 1.165) is 50.9 Å². The number of nitrogens with one attached hydrogen (secondary N) is 1. The lowest BCUT2D eigenvalue weighted by Gasteiger charge is -2.26. The molecule has 2 heterocycles. The molecule has 0 saturated carbocycles. The molecule has 0 aliphatic carbocycles. The Hall–Kier alpha value is -2.22. The quantitative estimate of drug-likeness (QED) is 0.748. The fourth-order valence-electron chi connectivity index (χ4n) is 4.46. The molecule has 0 aromatic heterocycles. The number of aryl methyl sites for hydroxylation is 1. The first-order valence-corrected chi connectivity index (χ1v) is 12.6. The van der Waals surface area contributed by atoms with Gasteiger partial charge in [0.2, 0.25) is 10.0 Å². The van der Waals surface area contributed by atoms with Crippen LogP contribution in [-0.4, -0.2) is 55.8 Å². The Morgan fingerprint density at radius 3 is 2.52 bits per heavy atom. The molecule has 1 atom stereocenters. The van der Waals surface area contributed by atoms with Gasteiger partial charge in [-0.05, 0) is 49.4 Å². The predicted octanol–water partition coefficient (Wildman–Crippen LogP) is 3.17. The van der Waals surface area contributed by atoms with E-state index in [-0.39, 0.29) is 16.8 Å². The molecule has 2 aromatic rings. The molecule has 0 bridgehead atoms. The molecule has 2 aliphatic rings. The van der Waals surface area contributed by atoms with Gasteiger partial charge in [-0.3, -0.25) is 9.69 Å². The summed E-state index contributed by atoms with van der Waals surface area (Å²) < 4.78 is 27.6. The second kappa shape index (κ2) is 9.51. The van der Waals surface area contributed by atoms with Crippen molar-refractivity contribution in [2.75, 3.05) is 26.2 Å². The van der Waals surface area contributed by atoms with Crippen LogP contribution in [0.3, 0.4) is 0 Å². The topological polar surface area (TPSA) is 69.7 Å². The number of hydrogen-bond donors (Lipinski definition) is 1. The lowest BCUT2D eigenvalue weighted by atomic mass is 10.1. The van der Waals surface area contributed by atoms with E-state index in [9.17, 15) is 13.2 Å². The summed E-state index contributed by atoms with van der Waals surface area (Å²) in [6, 6.07) is 15.3. The second-order valence-electron chi connectivity index (χ2n) is 8.62. The second-order valence-corrected chi connectivity index (χ2v) is 10.6. The van der Waals surface area contributed by atoms with E-state index < -0.39 is 10.0 Å². The number of amides is 1. The van der Waals surface area contributed by atoms with Gasteiger partial charge in [0.15, 0.2) is 0 Å². The van der Waals surface area contributed by atoms with Crippen molar-refractivity contribution in [3.63, 3.8) is 0 Å². The highest BCUT2D eigenvalue weighted by Gasteiger charge is 2.28. The minimum Gasteiger partial charge on any atom is -0.348 e. The summed E-state index contributed by atoms with van der Waals surface area (Å²) in [5, 5.41) is 3.12. The molecule has 1 unspecified atom stereocenters. The summed E-state index contributed by atoms with van der Waals surface area (Å²) in [5.74, 6) is -0.195. The van der Waals surface area contributed by atoms with Crippen molar-refractivity contribution >= 4 is 15.9 Å². The molecule has 2 fully saturated rings. The van der Waals surface area contributed by atoms with Gasteiger partial charge in [0, 0.05) is 44.3 Å². The number of piperidine rings is 1. The molecule has 0 radical (unpaired) electrons. The number of nitrogens with zero attached hydrogens (tertiary/aromatic N) is 2. The number of rotatable bonds is 6. The highest BCUT2D eigenvalue weighted by atomic mass is 32.2. The molecule has 31 heavy (non-hydrogen) atoms. The Morgan fingerprint density at radius 1 is 1.03 bits per heavy atom. The van der Waals surface area contributed by atoms with Gasteiger partial charge in [0.25, 0.3) is 5.91 Å². The Bertz CT molecular complexity index is 1020. The average molecular weight is 442 g/mol. The first-order chi connectivity index (χ1) is 14.9. The lowest BCUT2D eigenvalue weighted by molar-refractivity contribution is 0.0937. The largest absolute Gasteiger partial charge is 0.348 e. The van der Waals surface area contributed by atoms with E-state index in [2.05, 4.69) is 22.3 Å². The summed E-state index contributed by atoms with van der Waals surface area (Å²) in [4.78, 5) is 15.6. The SMILES string of the molecule is Cc1ccc(S(=O)(=O)N2CCCCC2)cc1C(=O)NC1CCN(Cc2ccccc2)C1. The zero-order valence-corrected chi connectivity index (χ0v) is 18.9. The van der Waals surface area contributed by atoms with E-state index in [1.807, 2.05) is 25.1 Å². The number of benzene rings is 2. The van der Waals surface area contributed by atoms with Crippen molar-refractivity contribution in [2.45, 2.75) is 50.1 Å². The maximum atomic E-state index is 13.0. The summed E-state index contributed by atoms with van der Waals surface area (Å²) in [5.41, 5.74) is 2.50. The summed E-state index contributed by atoms with van der Waals surface area (Å²) in [6.45, 7) is 5.56. The Balaban J connectivity index is 1.42. The maximum Gasteiger partial charge on any atom is 0.251 e. The van der Waals surface area contributed by atoms with Crippen LogP contribution in [0.5, 0.6) is 0 Å². The molecule has 7 heteroatoms. The Labute approximate surface area is 185 Å². The zero-order valence-electron chi connectivity index (χ0n) is 18.1. The highest BCUT2D eigenvalue weighted by Crippen LogP contribution is 2.23. The number of hydrogen-bond acceptors (Lipinski definition) is 4. The van der Waals surface area contributed by atoms with Crippen LogP contribution in [0.1, 0.15) is 47.2 Å². The first-order valence-electron chi connectivity index (χ1n) is 11.1. The molecular formula is C24H31N3O3S. The van der Waals surface area contributed by atoms with Crippen molar-refractivity contribution in [1.29, 1.82) is 0 Å². The van der Waals surface area contributed by atoms with Crippen molar-refractivity contribution < 1.29 is 13.2 Å². The fourth-order valence-corrected chi connectivity index (χ4v) is 6.00. The van der Waals surface area contributed by atoms with Crippen LogP contribution in [-0.2, 0) is 16.6 Å². The maximum absolute atomic E-state index is 13.0. The minimum absolute atomic E-state index is 0.0676. The molecule has 4 rings (SSSR count). The van der Waals surface area contributed by atoms with Crippen molar-refractivity contribution in [3.8, 4) is 0 Å². The smallest absolute Gasteiger partial charge is 0.251 e. The van der Waals surface area contributed by atoms with Crippen LogP contribution in [0, 0.1) is 6.92 Å². The molecule has 166 valence electrons. The van der Waals surface area contributed by atoms with Crippen LogP contribution >= 0.6 is 0 Å². The Morgan fingerprint density at radius 2 is 1.77 bits per heavy atom. The number of likely N-dealkylation sites (tertiary alicyclic amines) is 1. The number of carbonyl (C=O) groups excluding carboxylic acids is 1. The average Bonchev–Trinajstić information content (AvgIpc) is 3.21. The molecule has 2 aromatic carbocycles. The van der Waals surface area contributed by atoms with Crippen LogP contribution in [0.4, 0.5) is 0 Å². The summed E-state index contributed by atoms with van der Waals surface area (Å²) >= 11 is 0. The molecule has 1 amide bonds. The Kier molecular flexibility index (Phi) is 6.74. The normalized spacial score (nSPS) is 20.6. The van der Waals surface area contributed by atoms with Gasteiger partial charge < -0.3 is 5.32 Å². The summed E-state index contributed by atoms with van der Waals surface area (Å²) in [7, 11) is -3.56. The van der Waals surface area contributed by atoms with Crippen LogP contribution in [0.25, 0.3) is 0 Å². The van der Waals surface area contributed by atoms with Crippen LogP contribution < -0.4 is 5.32 Å². The molecular weight excluding hydrogens is 410 g/mol. The molecule has 0 spiro atoms. The van der Waals surface area contributed by atoms with Crippen molar-refractivity contribution in [3.05, 3.63) is 65.2 Å². The van der Waals surface area contributed by atoms with Gasteiger partial charge in [-0.2, -0.15) is 4.31 Å². The van der Waals surface area contributed by atoms with Gasteiger partial charge >= 0.3 is 0 Å². The monoisotopic (exact) mass is 441 g/mol. The number of sulfonamides is 1. The third-order valence-corrected chi connectivity index (χ3v) is 8.16. The third-order valence-electron chi connectivity index (χ3n) is 6.26. The highest BCUT2D eigenvalue weighted by molar-refractivity contribution is 7.89. The van der Waals surface area contributed by atoms with E-state index in [1.54, 1.807) is 22.5 Å². The standard InChI is InChI=1S/C24H31N3O3S/c1-19-10-11-22(31(29,30)27-13-6-3-7-14-27)16-23(19)24(28)25-21-12-15-26(18-21)17-20-8-4-2-5-9-20/h2,4-5,8-11,16,21H,3,6-7,12-15,17-18H2,1H3,(H,25,28). The molecule has 6 nitrogen and oxygen atoms in total. The molecule has 2 saturated heterocycles. The minimum atomic E-state index is -3.56. The van der Waals surface area contributed by atoms with E-state index in [0.29, 0.717) is 18.7 Å². The predicted molar refractivity (Wildman–Crippen MR) is 121 cm³/mol. The van der Waals surface area contributed by atoms with E-state index >= 15 is 0 Å². The van der Waals surface area contributed by atoms with Crippen molar-refractivity contribution in [2.24, 2.45) is 0 Å². The van der Waals surface area contributed by atoms with Gasteiger partial charge in [0.05, 0.1) is 4.90 Å². The molecule has 2 aliphatic heterocycles. The summed E-state index contributed by atoms with van der Waals surface area (Å²) in [6.07, 6.45) is 3.73. The van der Waals surface area contributed by atoms with Gasteiger partial charge in [-0.15, -0.1) is 0 Å². The molecule has 1 N–H and O–H groups in total. The number of carbonyl (C=O) groups is 1. The third kappa shape index (κ3) is 5.17. The van der Waals surface area contributed by atoms with Crippen molar-refractivity contribution in [1.82, 2.24) is 14.5 Å². The van der Waals surface area contributed by atoms with E-state index in [1.165, 1.54) is 5.56 Å². The van der Waals surface area contributed by atoms with Crippen LogP contribution in [0.15, 0.2) is 53.4 Å². The zero-order chi connectivity index (χ0) is 21.8. The van der Waals surface area contributed by atoms with E-state index in [4.69, 9.17) is 0 Å². The lowest BCUT2D eigenvalue weighted by Crippen LogP contribution is -2.38. The van der Waals surface area contributed by atoms with Crippen LogP contribution in [0.2, 0.25) is 0 Å². The fraction of sp³-hybridized carbons (Fsp3) is 0.458. The van der Waals surface area contributed by atoms with Gasteiger partial charge in [-0.25, -0.2) is 8.42 Å².